The summed E-state index contributed by atoms with van der Waals surface area (Å²) in [6, 6.07) is 8.62. The Morgan fingerprint density at radius 1 is 1.33 bits per heavy atom. The standard InChI is InChI=1S/C18H28N2O/c1-15(2)12-21-17-5-3-4-16(10-17)11-20-9-7-18(14-20)6-8-19-13-18/h3-5,10,15,19H,6-9,11-14H2,1-2H3. The van der Waals surface area contributed by atoms with Crippen molar-refractivity contribution < 1.29 is 4.74 Å². The van der Waals surface area contributed by atoms with E-state index in [1.54, 1.807) is 0 Å². The van der Waals surface area contributed by atoms with Crippen molar-refractivity contribution >= 4 is 0 Å². The van der Waals surface area contributed by atoms with Crippen molar-refractivity contribution in [2.45, 2.75) is 33.2 Å². The van der Waals surface area contributed by atoms with E-state index in [1.165, 1.54) is 44.6 Å². The predicted octanol–water partition coefficient (Wildman–Crippen LogP) is 2.91. The first-order chi connectivity index (χ1) is 10.2. The lowest BCUT2D eigenvalue weighted by Gasteiger charge is -2.23. The molecular formula is C18H28N2O. The number of rotatable bonds is 5. The van der Waals surface area contributed by atoms with Crippen molar-refractivity contribution in [2.24, 2.45) is 11.3 Å². The first-order valence-electron chi connectivity index (χ1n) is 8.30. The average Bonchev–Trinajstić information content (AvgIpc) is 3.08. The van der Waals surface area contributed by atoms with Gasteiger partial charge in [0.15, 0.2) is 0 Å². The minimum absolute atomic E-state index is 0.561. The minimum Gasteiger partial charge on any atom is -0.493 e. The van der Waals surface area contributed by atoms with E-state index >= 15 is 0 Å². The molecule has 1 atom stereocenters. The van der Waals surface area contributed by atoms with Crippen LogP contribution in [-0.4, -0.2) is 37.7 Å². The minimum atomic E-state index is 0.561. The van der Waals surface area contributed by atoms with Crippen molar-refractivity contribution in [3.8, 4) is 5.75 Å². The van der Waals surface area contributed by atoms with E-state index in [4.69, 9.17) is 4.74 Å². The van der Waals surface area contributed by atoms with Gasteiger partial charge in [-0.2, -0.15) is 0 Å². The summed E-state index contributed by atoms with van der Waals surface area (Å²) in [4.78, 5) is 2.61. The first kappa shape index (κ1) is 14.9. The van der Waals surface area contributed by atoms with Crippen LogP contribution >= 0.6 is 0 Å². The van der Waals surface area contributed by atoms with Crippen LogP contribution in [0.3, 0.4) is 0 Å². The molecule has 1 N–H and O–H groups in total. The Bertz CT molecular complexity index is 466. The van der Waals surface area contributed by atoms with Gasteiger partial charge in [0.1, 0.15) is 5.75 Å². The van der Waals surface area contributed by atoms with Gasteiger partial charge in [0, 0.05) is 19.6 Å². The van der Waals surface area contributed by atoms with Crippen LogP contribution < -0.4 is 10.1 Å². The highest BCUT2D eigenvalue weighted by Gasteiger charge is 2.39. The van der Waals surface area contributed by atoms with Gasteiger partial charge in [0.2, 0.25) is 0 Å². The maximum absolute atomic E-state index is 5.84. The molecule has 0 saturated carbocycles. The van der Waals surface area contributed by atoms with Gasteiger partial charge >= 0.3 is 0 Å². The summed E-state index contributed by atoms with van der Waals surface area (Å²) in [5.74, 6) is 1.58. The topological polar surface area (TPSA) is 24.5 Å². The summed E-state index contributed by atoms with van der Waals surface area (Å²) in [5, 5.41) is 3.53. The van der Waals surface area contributed by atoms with Crippen LogP contribution in [0.2, 0.25) is 0 Å². The number of ether oxygens (including phenoxy) is 1. The fraction of sp³-hybridized carbons (Fsp3) is 0.667. The molecule has 2 fully saturated rings. The molecule has 1 spiro atoms. The third kappa shape index (κ3) is 3.78. The zero-order chi connectivity index (χ0) is 14.7. The summed E-state index contributed by atoms with van der Waals surface area (Å²) >= 11 is 0. The lowest BCUT2D eigenvalue weighted by molar-refractivity contribution is 0.263. The number of nitrogens with one attached hydrogen (secondary N) is 1. The van der Waals surface area contributed by atoms with Crippen LogP contribution in [0.15, 0.2) is 24.3 Å². The van der Waals surface area contributed by atoms with Crippen LogP contribution in [0, 0.1) is 11.3 Å². The van der Waals surface area contributed by atoms with Gasteiger partial charge in [0.25, 0.3) is 0 Å². The van der Waals surface area contributed by atoms with E-state index in [2.05, 4.69) is 48.3 Å². The molecule has 116 valence electrons. The zero-order valence-electron chi connectivity index (χ0n) is 13.4. The second-order valence-electron chi connectivity index (χ2n) is 7.24. The van der Waals surface area contributed by atoms with Gasteiger partial charge in [-0.15, -0.1) is 0 Å². The molecule has 0 aromatic heterocycles. The molecule has 2 heterocycles. The normalized spacial score (nSPS) is 26.0. The molecule has 2 saturated heterocycles. The molecule has 1 unspecified atom stereocenters. The Labute approximate surface area is 128 Å². The van der Waals surface area contributed by atoms with E-state index in [9.17, 15) is 0 Å². The molecule has 1 aromatic rings. The van der Waals surface area contributed by atoms with Crippen LogP contribution in [0.5, 0.6) is 5.75 Å². The summed E-state index contributed by atoms with van der Waals surface area (Å²) in [6.07, 6.45) is 2.70. The van der Waals surface area contributed by atoms with Crippen molar-refractivity contribution in [3.63, 3.8) is 0 Å². The van der Waals surface area contributed by atoms with Gasteiger partial charge in [-0.3, -0.25) is 4.90 Å². The number of hydrogen-bond donors (Lipinski definition) is 1. The second-order valence-corrected chi connectivity index (χ2v) is 7.24. The van der Waals surface area contributed by atoms with Gasteiger partial charge in [-0.25, -0.2) is 0 Å². The summed E-state index contributed by atoms with van der Waals surface area (Å²) in [7, 11) is 0. The Kier molecular flexibility index (Phi) is 4.51. The van der Waals surface area contributed by atoms with Crippen molar-refractivity contribution in [1.82, 2.24) is 10.2 Å². The van der Waals surface area contributed by atoms with Gasteiger partial charge in [-0.1, -0.05) is 26.0 Å². The predicted molar refractivity (Wildman–Crippen MR) is 86.6 cm³/mol. The molecule has 3 rings (SSSR count). The Morgan fingerprint density at radius 3 is 3.00 bits per heavy atom. The quantitative estimate of drug-likeness (QED) is 0.901. The van der Waals surface area contributed by atoms with Gasteiger partial charge in [-0.05, 0) is 55.0 Å². The summed E-state index contributed by atoms with van der Waals surface area (Å²) < 4.78 is 5.84. The zero-order valence-corrected chi connectivity index (χ0v) is 13.4. The molecule has 2 aliphatic rings. The van der Waals surface area contributed by atoms with Crippen molar-refractivity contribution in [2.75, 3.05) is 32.8 Å². The van der Waals surface area contributed by atoms with E-state index in [1.807, 2.05) is 0 Å². The second kappa shape index (κ2) is 6.37. The highest BCUT2D eigenvalue weighted by Crippen LogP contribution is 2.36. The SMILES string of the molecule is CC(C)COc1cccc(CN2CCC3(CCNC3)C2)c1. The van der Waals surface area contributed by atoms with E-state index in [-0.39, 0.29) is 0 Å². The number of likely N-dealkylation sites (tertiary alicyclic amines) is 1. The summed E-state index contributed by atoms with van der Waals surface area (Å²) in [6.45, 7) is 11.1. The Balaban J connectivity index is 1.56. The maximum Gasteiger partial charge on any atom is 0.119 e. The molecule has 1 aromatic carbocycles. The number of hydrogen-bond acceptors (Lipinski definition) is 3. The molecule has 2 aliphatic heterocycles. The van der Waals surface area contributed by atoms with Crippen LogP contribution in [0.25, 0.3) is 0 Å². The number of nitrogens with zero attached hydrogens (tertiary/aromatic N) is 1. The highest BCUT2D eigenvalue weighted by atomic mass is 16.5. The molecule has 0 radical (unpaired) electrons. The van der Waals surface area contributed by atoms with Crippen LogP contribution in [0.4, 0.5) is 0 Å². The van der Waals surface area contributed by atoms with E-state index < -0.39 is 0 Å². The molecular weight excluding hydrogens is 260 g/mol. The van der Waals surface area contributed by atoms with E-state index in [0.717, 1.165) is 18.9 Å². The monoisotopic (exact) mass is 288 g/mol. The lowest BCUT2D eigenvalue weighted by atomic mass is 9.86. The highest BCUT2D eigenvalue weighted by molar-refractivity contribution is 5.28. The fourth-order valence-corrected chi connectivity index (χ4v) is 3.56. The molecule has 21 heavy (non-hydrogen) atoms. The van der Waals surface area contributed by atoms with E-state index in [0.29, 0.717) is 11.3 Å². The molecule has 3 heteroatoms. The van der Waals surface area contributed by atoms with Crippen LogP contribution in [-0.2, 0) is 6.54 Å². The van der Waals surface area contributed by atoms with Gasteiger partial charge < -0.3 is 10.1 Å². The van der Waals surface area contributed by atoms with Crippen molar-refractivity contribution in [1.29, 1.82) is 0 Å². The molecule has 0 amide bonds. The lowest BCUT2D eigenvalue weighted by Crippen LogP contribution is -2.28. The van der Waals surface area contributed by atoms with Gasteiger partial charge in [0.05, 0.1) is 6.61 Å². The fourth-order valence-electron chi connectivity index (χ4n) is 3.56. The largest absolute Gasteiger partial charge is 0.493 e. The Morgan fingerprint density at radius 2 is 2.24 bits per heavy atom. The third-order valence-electron chi connectivity index (χ3n) is 4.74. The van der Waals surface area contributed by atoms with Crippen molar-refractivity contribution in [3.05, 3.63) is 29.8 Å². The smallest absolute Gasteiger partial charge is 0.119 e. The maximum atomic E-state index is 5.84. The number of benzene rings is 1. The molecule has 0 bridgehead atoms. The Hall–Kier alpha value is -1.06. The third-order valence-corrected chi connectivity index (χ3v) is 4.74. The average molecular weight is 288 g/mol. The van der Waals surface area contributed by atoms with Crippen LogP contribution in [0.1, 0.15) is 32.3 Å². The first-order valence-corrected chi connectivity index (χ1v) is 8.30. The molecule has 0 aliphatic carbocycles. The summed E-state index contributed by atoms with van der Waals surface area (Å²) in [5.41, 5.74) is 1.94. The molecule has 3 nitrogen and oxygen atoms in total.